The Bertz CT molecular complexity index is 631. The molecule has 2 aliphatic rings. The van der Waals surface area contributed by atoms with E-state index in [1.807, 2.05) is 31.2 Å². The molecule has 2 aliphatic heterocycles. The van der Waals surface area contributed by atoms with Gasteiger partial charge in [-0.1, -0.05) is 18.2 Å². The molecule has 0 radical (unpaired) electrons. The summed E-state index contributed by atoms with van der Waals surface area (Å²) in [5, 5.41) is 4.29. The van der Waals surface area contributed by atoms with E-state index >= 15 is 0 Å². The Morgan fingerprint density at radius 1 is 1.31 bits per heavy atom. The van der Waals surface area contributed by atoms with E-state index in [0.29, 0.717) is 39.4 Å². The molecule has 1 aromatic carbocycles. The highest BCUT2D eigenvalue weighted by Gasteiger charge is 2.34. The van der Waals surface area contributed by atoms with Crippen molar-refractivity contribution < 1.29 is 19.2 Å². The predicted molar refractivity (Wildman–Crippen MR) is 96.3 cm³/mol. The molecule has 2 saturated heterocycles. The molecule has 2 heterocycles. The lowest BCUT2D eigenvalue weighted by Crippen LogP contribution is -2.56. The Balaban J connectivity index is 1.70. The largest absolute Gasteiger partial charge is 0.494 e. The van der Waals surface area contributed by atoms with Gasteiger partial charge >= 0.3 is 0 Å². The molecule has 1 N–H and O–H groups in total. The van der Waals surface area contributed by atoms with Crippen LogP contribution in [0.25, 0.3) is 0 Å². The Labute approximate surface area is 154 Å². The molecule has 0 aromatic heterocycles. The fraction of sp³-hybridized carbons (Fsp3) is 0.579. The molecule has 0 bridgehead atoms. The van der Waals surface area contributed by atoms with E-state index < -0.39 is 6.04 Å². The number of nitrogens with zero attached hydrogens (tertiary/aromatic N) is 2. The molecule has 1 atom stereocenters. The Morgan fingerprint density at radius 3 is 2.92 bits per heavy atom. The number of amides is 2. The first-order valence-corrected chi connectivity index (χ1v) is 9.34. The van der Waals surface area contributed by atoms with Crippen LogP contribution in [0.4, 0.5) is 0 Å². The number of nitrogens with one attached hydrogen (secondary N) is 1. The number of hydrogen-bond donors (Lipinski definition) is 1. The Kier molecular flexibility index (Phi) is 6.46. The van der Waals surface area contributed by atoms with Crippen LogP contribution in [0.2, 0.25) is 0 Å². The second kappa shape index (κ2) is 9.00. The first-order valence-electron chi connectivity index (χ1n) is 9.34. The second-order valence-electron chi connectivity index (χ2n) is 6.56. The van der Waals surface area contributed by atoms with Gasteiger partial charge in [-0.15, -0.1) is 0 Å². The first kappa shape index (κ1) is 18.7. The van der Waals surface area contributed by atoms with Gasteiger partial charge in [0.25, 0.3) is 0 Å². The van der Waals surface area contributed by atoms with Gasteiger partial charge in [-0.25, -0.2) is 5.06 Å². The highest BCUT2D eigenvalue weighted by atomic mass is 16.7. The van der Waals surface area contributed by atoms with Gasteiger partial charge in [-0.3, -0.25) is 19.3 Å². The van der Waals surface area contributed by atoms with Crippen LogP contribution in [-0.2, 0) is 21.0 Å². The average molecular weight is 361 g/mol. The summed E-state index contributed by atoms with van der Waals surface area (Å²) in [6.45, 7) is 5.55. The van der Waals surface area contributed by atoms with Crippen molar-refractivity contribution in [3.63, 3.8) is 0 Å². The number of ether oxygens (including phenoxy) is 1. The van der Waals surface area contributed by atoms with Crippen LogP contribution in [-0.4, -0.2) is 60.7 Å². The third-order valence-electron chi connectivity index (χ3n) is 4.74. The maximum absolute atomic E-state index is 12.5. The van der Waals surface area contributed by atoms with E-state index in [1.165, 1.54) is 5.06 Å². The fourth-order valence-corrected chi connectivity index (χ4v) is 3.38. The topological polar surface area (TPSA) is 71.1 Å². The van der Waals surface area contributed by atoms with Crippen LogP contribution in [0.1, 0.15) is 31.7 Å². The van der Waals surface area contributed by atoms with Crippen molar-refractivity contribution in [2.75, 3.05) is 32.8 Å². The maximum atomic E-state index is 12.5. The molecule has 1 aromatic rings. The van der Waals surface area contributed by atoms with Gasteiger partial charge in [0.2, 0.25) is 11.8 Å². The normalized spacial score (nSPS) is 21.3. The van der Waals surface area contributed by atoms with Gasteiger partial charge in [0.1, 0.15) is 5.75 Å². The van der Waals surface area contributed by atoms with E-state index in [4.69, 9.17) is 9.57 Å². The zero-order chi connectivity index (χ0) is 18.4. The van der Waals surface area contributed by atoms with Crippen molar-refractivity contribution in [1.82, 2.24) is 15.3 Å². The maximum Gasteiger partial charge on any atom is 0.248 e. The summed E-state index contributed by atoms with van der Waals surface area (Å²) in [5.41, 5.74) is 1.02. The molecule has 1 unspecified atom stereocenters. The average Bonchev–Trinajstić information content (AvgIpc) is 2.67. The molecule has 2 fully saturated rings. The molecule has 0 spiro atoms. The van der Waals surface area contributed by atoms with E-state index in [2.05, 4.69) is 10.2 Å². The minimum absolute atomic E-state index is 0.101. The molecule has 2 amide bonds. The number of benzene rings is 1. The molecule has 26 heavy (non-hydrogen) atoms. The smallest absolute Gasteiger partial charge is 0.248 e. The van der Waals surface area contributed by atoms with Crippen LogP contribution in [0.3, 0.4) is 0 Å². The van der Waals surface area contributed by atoms with Crippen molar-refractivity contribution in [1.29, 1.82) is 0 Å². The lowest BCUT2D eigenvalue weighted by atomic mass is 10.1. The number of carbonyl (C=O) groups is 2. The molecule has 0 aliphatic carbocycles. The molecule has 7 heteroatoms. The van der Waals surface area contributed by atoms with Gasteiger partial charge in [-0.2, -0.15) is 0 Å². The van der Waals surface area contributed by atoms with Gasteiger partial charge in [0, 0.05) is 31.7 Å². The van der Waals surface area contributed by atoms with Gasteiger partial charge in [0.15, 0.2) is 0 Å². The molecule has 142 valence electrons. The summed E-state index contributed by atoms with van der Waals surface area (Å²) < 4.78 is 5.69. The van der Waals surface area contributed by atoms with E-state index in [9.17, 15) is 9.59 Å². The highest BCUT2D eigenvalue weighted by molar-refractivity contribution is 5.88. The molecule has 3 rings (SSSR count). The van der Waals surface area contributed by atoms with Crippen molar-refractivity contribution in [3.8, 4) is 5.75 Å². The first-order chi connectivity index (χ1) is 12.7. The van der Waals surface area contributed by atoms with Gasteiger partial charge in [-0.05, 0) is 25.8 Å². The second-order valence-corrected chi connectivity index (χ2v) is 6.56. The molecular formula is C19H27N3O4. The molecular weight excluding hydrogens is 334 g/mol. The minimum atomic E-state index is -0.489. The van der Waals surface area contributed by atoms with Crippen LogP contribution < -0.4 is 10.1 Å². The Morgan fingerprint density at radius 2 is 2.15 bits per heavy atom. The van der Waals surface area contributed by atoms with E-state index in [0.717, 1.165) is 24.2 Å². The zero-order valence-corrected chi connectivity index (χ0v) is 15.3. The van der Waals surface area contributed by atoms with Crippen molar-refractivity contribution in [2.24, 2.45) is 0 Å². The van der Waals surface area contributed by atoms with Crippen LogP contribution in [0.5, 0.6) is 5.75 Å². The van der Waals surface area contributed by atoms with Gasteiger partial charge in [0.05, 0.1) is 25.7 Å². The zero-order valence-electron chi connectivity index (χ0n) is 15.3. The summed E-state index contributed by atoms with van der Waals surface area (Å²) in [6, 6.07) is 7.35. The number of hydrogen-bond acceptors (Lipinski definition) is 5. The van der Waals surface area contributed by atoms with Crippen LogP contribution >= 0.6 is 0 Å². The lowest BCUT2D eigenvalue weighted by Gasteiger charge is -2.36. The Hall–Kier alpha value is -2.12. The summed E-state index contributed by atoms with van der Waals surface area (Å²) >= 11 is 0. The number of hydroxylamine groups is 2. The van der Waals surface area contributed by atoms with E-state index in [-0.39, 0.29) is 18.2 Å². The van der Waals surface area contributed by atoms with Crippen molar-refractivity contribution >= 4 is 11.8 Å². The van der Waals surface area contributed by atoms with Crippen molar-refractivity contribution in [2.45, 2.75) is 38.8 Å². The summed E-state index contributed by atoms with van der Waals surface area (Å²) in [5.74, 6) is 0.593. The van der Waals surface area contributed by atoms with Crippen LogP contribution in [0.15, 0.2) is 24.3 Å². The lowest BCUT2D eigenvalue weighted by molar-refractivity contribution is -0.198. The number of piperazine rings is 1. The summed E-state index contributed by atoms with van der Waals surface area (Å²) in [4.78, 5) is 32.5. The highest BCUT2D eigenvalue weighted by Crippen LogP contribution is 2.23. The number of rotatable bonds is 6. The van der Waals surface area contributed by atoms with E-state index in [1.54, 1.807) is 0 Å². The van der Waals surface area contributed by atoms with Crippen LogP contribution in [0, 0.1) is 0 Å². The fourth-order valence-electron chi connectivity index (χ4n) is 3.38. The predicted octanol–water partition coefficient (Wildman–Crippen LogP) is 1.33. The monoisotopic (exact) mass is 361 g/mol. The SMILES string of the molecule is CCOc1ccccc1CN1CCNC(=O)C1CC(=O)N1CCCCO1. The summed E-state index contributed by atoms with van der Waals surface area (Å²) in [7, 11) is 0. The minimum Gasteiger partial charge on any atom is -0.494 e. The van der Waals surface area contributed by atoms with Crippen molar-refractivity contribution in [3.05, 3.63) is 29.8 Å². The summed E-state index contributed by atoms with van der Waals surface area (Å²) in [6.07, 6.45) is 2.03. The molecule has 7 nitrogen and oxygen atoms in total. The number of para-hydroxylation sites is 1. The third-order valence-corrected chi connectivity index (χ3v) is 4.74. The quantitative estimate of drug-likeness (QED) is 0.828. The van der Waals surface area contributed by atoms with Gasteiger partial charge < -0.3 is 10.1 Å². The molecule has 0 saturated carbocycles. The third kappa shape index (κ3) is 4.53. The standard InChI is InChI=1S/C19H27N3O4/c1-2-25-17-8-4-3-7-15(17)14-21-11-9-20-19(24)16(21)13-18(23)22-10-5-6-12-26-22/h3-4,7-8,16H,2,5-6,9-14H2,1H3,(H,20,24). The number of carbonyl (C=O) groups excluding carboxylic acids is 2.